The van der Waals surface area contributed by atoms with Crippen molar-refractivity contribution in [2.45, 2.75) is 4.90 Å². The van der Waals surface area contributed by atoms with Gasteiger partial charge in [0, 0.05) is 57.4 Å². The smallest absolute Gasteiger partial charge is 0.256 e. The first-order chi connectivity index (χ1) is 14.4. The van der Waals surface area contributed by atoms with Crippen LogP contribution in [0, 0.1) is 5.82 Å². The number of hydrogen-bond donors (Lipinski definition) is 0. The average molecular weight is 429 g/mol. The van der Waals surface area contributed by atoms with Gasteiger partial charge >= 0.3 is 0 Å². The van der Waals surface area contributed by atoms with Crippen molar-refractivity contribution in [2.75, 3.05) is 26.2 Å². The van der Waals surface area contributed by atoms with Crippen molar-refractivity contribution in [2.24, 2.45) is 7.05 Å². The summed E-state index contributed by atoms with van der Waals surface area (Å²) in [6.45, 7) is 0.592. The number of aryl methyl sites for hydroxylation is 1. The van der Waals surface area contributed by atoms with Crippen molar-refractivity contribution in [1.29, 1.82) is 0 Å². The Bertz CT molecular complexity index is 1170. The highest BCUT2D eigenvalue weighted by Gasteiger charge is 2.34. The van der Waals surface area contributed by atoms with Gasteiger partial charge in [0.2, 0.25) is 10.0 Å². The number of piperazine rings is 1. The third-order valence-corrected chi connectivity index (χ3v) is 6.90. The lowest BCUT2D eigenvalue weighted by atomic mass is 10.1. The molecule has 1 saturated heterocycles. The summed E-state index contributed by atoms with van der Waals surface area (Å²) in [5.41, 5.74) is 0.989. The van der Waals surface area contributed by atoms with Crippen LogP contribution in [0.25, 0.3) is 11.3 Å². The van der Waals surface area contributed by atoms with Gasteiger partial charge in [-0.25, -0.2) is 12.8 Å². The van der Waals surface area contributed by atoms with Crippen LogP contribution >= 0.6 is 0 Å². The van der Waals surface area contributed by atoms with Crippen LogP contribution in [-0.2, 0) is 17.1 Å². The fourth-order valence-corrected chi connectivity index (χ4v) is 5.05. The molecule has 0 aliphatic carbocycles. The molecule has 1 amide bonds. The van der Waals surface area contributed by atoms with Gasteiger partial charge in [-0.2, -0.15) is 9.40 Å². The van der Waals surface area contributed by atoms with E-state index in [1.54, 1.807) is 37.6 Å². The highest BCUT2D eigenvalue weighted by atomic mass is 32.2. The lowest BCUT2D eigenvalue weighted by molar-refractivity contribution is 0.0693. The van der Waals surface area contributed by atoms with Gasteiger partial charge in [0.25, 0.3) is 5.91 Å². The van der Waals surface area contributed by atoms with E-state index in [4.69, 9.17) is 0 Å². The van der Waals surface area contributed by atoms with E-state index in [1.165, 1.54) is 38.3 Å². The second-order valence-electron chi connectivity index (χ2n) is 6.93. The van der Waals surface area contributed by atoms with Crippen molar-refractivity contribution >= 4 is 15.9 Å². The van der Waals surface area contributed by atoms with Crippen LogP contribution in [0.5, 0.6) is 0 Å². The first kappa shape index (κ1) is 20.2. The molecule has 0 atom stereocenters. The maximum absolute atomic E-state index is 13.9. The van der Waals surface area contributed by atoms with Crippen LogP contribution < -0.4 is 0 Å². The highest BCUT2D eigenvalue weighted by Crippen LogP contribution is 2.28. The molecule has 156 valence electrons. The SMILES string of the molecule is Cn1cc(S(=O)(=O)N2CCN(C(=O)c3ccccc3F)CC2)c(-c2ccncc2)n1. The number of halogens is 1. The molecule has 0 N–H and O–H groups in total. The monoisotopic (exact) mass is 429 g/mol. The van der Waals surface area contributed by atoms with E-state index >= 15 is 0 Å². The molecule has 3 aromatic rings. The van der Waals surface area contributed by atoms with Gasteiger partial charge in [0.05, 0.1) is 5.56 Å². The van der Waals surface area contributed by atoms with Crippen molar-refractivity contribution in [3.05, 3.63) is 66.4 Å². The average Bonchev–Trinajstić information content (AvgIpc) is 3.17. The highest BCUT2D eigenvalue weighted by molar-refractivity contribution is 7.89. The van der Waals surface area contributed by atoms with Gasteiger partial charge in [-0.15, -0.1) is 0 Å². The zero-order valence-electron chi connectivity index (χ0n) is 16.3. The Morgan fingerprint density at radius 2 is 1.70 bits per heavy atom. The van der Waals surface area contributed by atoms with Crippen molar-refractivity contribution in [3.63, 3.8) is 0 Å². The third kappa shape index (κ3) is 3.71. The quantitative estimate of drug-likeness (QED) is 0.631. The summed E-state index contributed by atoms with van der Waals surface area (Å²) < 4.78 is 43.3. The number of amides is 1. The van der Waals surface area contributed by atoms with E-state index in [9.17, 15) is 17.6 Å². The molecular formula is C20H20FN5O3S. The molecule has 1 aliphatic heterocycles. The molecule has 0 saturated carbocycles. The van der Waals surface area contributed by atoms with Crippen LogP contribution in [-0.4, -0.2) is 64.5 Å². The molecular weight excluding hydrogens is 409 g/mol. The number of nitrogens with zero attached hydrogens (tertiary/aromatic N) is 5. The molecule has 0 bridgehead atoms. The predicted octanol–water partition coefficient (Wildman–Crippen LogP) is 1.77. The molecule has 30 heavy (non-hydrogen) atoms. The molecule has 0 radical (unpaired) electrons. The minimum Gasteiger partial charge on any atom is -0.336 e. The first-order valence-electron chi connectivity index (χ1n) is 9.36. The lowest BCUT2D eigenvalue weighted by Crippen LogP contribution is -2.50. The third-order valence-electron chi connectivity index (χ3n) is 5.00. The first-order valence-corrected chi connectivity index (χ1v) is 10.8. The standard InChI is InChI=1S/C20H20FN5O3S/c1-24-14-18(19(23-24)15-6-8-22-9-7-15)30(28,29)26-12-10-25(11-13-26)20(27)16-4-2-3-5-17(16)21/h2-9,14H,10-13H2,1H3. The van der Waals surface area contributed by atoms with Crippen molar-refractivity contribution in [3.8, 4) is 11.3 Å². The van der Waals surface area contributed by atoms with Gasteiger partial charge in [-0.1, -0.05) is 12.1 Å². The minimum absolute atomic E-state index is 0.0129. The van der Waals surface area contributed by atoms with Gasteiger partial charge in [-0.05, 0) is 24.3 Å². The Hall–Kier alpha value is -3.11. The molecule has 1 aromatic carbocycles. The van der Waals surface area contributed by atoms with Crippen molar-refractivity contribution < 1.29 is 17.6 Å². The molecule has 0 spiro atoms. The Labute approximate surface area is 173 Å². The van der Waals surface area contributed by atoms with Gasteiger partial charge in [-0.3, -0.25) is 14.5 Å². The summed E-state index contributed by atoms with van der Waals surface area (Å²) in [5.74, 6) is -1.03. The molecule has 3 heterocycles. The Morgan fingerprint density at radius 3 is 2.37 bits per heavy atom. The van der Waals surface area contributed by atoms with E-state index < -0.39 is 21.7 Å². The summed E-state index contributed by atoms with van der Waals surface area (Å²) in [6, 6.07) is 9.18. The molecule has 10 heteroatoms. The number of hydrogen-bond acceptors (Lipinski definition) is 5. The summed E-state index contributed by atoms with van der Waals surface area (Å²) in [6.07, 6.45) is 4.63. The predicted molar refractivity (Wildman–Crippen MR) is 108 cm³/mol. The lowest BCUT2D eigenvalue weighted by Gasteiger charge is -2.34. The normalized spacial score (nSPS) is 15.3. The van der Waals surface area contributed by atoms with Crippen LogP contribution in [0.4, 0.5) is 4.39 Å². The van der Waals surface area contributed by atoms with Crippen molar-refractivity contribution in [1.82, 2.24) is 24.0 Å². The van der Waals surface area contributed by atoms with Crippen LogP contribution in [0.2, 0.25) is 0 Å². The maximum atomic E-state index is 13.9. The maximum Gasteiger partial charge on any atom is 0.256 e. The number of benzene rings is 1. The molecule has 2 aromatic heterocycles. The summed E-state index contributed by atoms with van der Waals surface area (Å²) >= 11 is 0. The Morgan fingerprint density at radius 1 is 1.03 bits per heavy atom. The van der Waals surface area contributed by atoms with Gasteiger partial charge in [0.15, 0.2) is 0 Å². The second-order valence-corrected chi connectivity index (χ2v) is 8.83. The zero-order chi connectivity index (χ0) is 21.3. The molecule has 1 fully saturated rings. The number of carbonyl (C=O) groups is 1. The van der Waals surface area contributed by atoms with E-state index in [0.29, 0.717) is 11.3 Å². The number of aromatic nitrogens is 3. The van der Waals surface area contributed by atoms with E-state index in [-0.39, 0.29) is 36.6 Å². The molecule has 4 rings (SSSR count). The molecule has 8 nitrogen and oxygen atoms in total. The number of pyridine rings is 1. The fourth-order valence-electron chi connectivity index (χ4n) is 3.44. The summed E-state index contributed by atoms with van der Waals surface area (Å²) in [7, 11) is -2.16. The van der Waals surface area contributed by atoms with E-state index in [1.807, 2.05) is 0 Å². The van der Waals surface area contributed by atoms with Gasteiger partial charge in [0.1, 0.15) is 16.4 Å². The van der Waals surface area contributed by atoms with Gasteiger partial charge < -0.3 is 4.90 Å². The Balaban J connectivity index is 1.54. The summed E-state index contributed by atoms with van der Waals surface area (Å²) in [4.78, 5) is 18.1. The van der Waals surface area contributed by atoms with E-state index in [0.717, 1.165) is 0 Å². The fraction of sp³-hybridized carbons (Fsp3) is 0.250. The second kappa shape index (κ2) is 7.96. The Kier molecular flexibility index (Phi) is 5.35. The van der Waals surface area contributed by atoms with Crippen LogP contribution in [0.1, 0.15) is 10.4 Å². The largest absolute Gasteiger partial charge is 0.336 e. The van der Waals surface area contributed by atoms with Crippen LogP contribution in [0.15, 0.2) is 59.9 Å². The number of sulfonamides is 1. The zero-order valence-corrected chi connectivity index (χ0v) is 17.1. The minimum atomic E-state index is -3.82. The number of carbonyl (C=O) groups excluding carboxylic acids is 1. The number of rotatable bonds is 4. The van der Waals surface area contributed by atoms with E-state index in [2.05, 4.69) is 10.1 Å². The molecule has 1 aliphatic rings. The summed E-state index contributed by atoms with van der Waals surface area (Å²) in [5, 5.41) is 4.31. The van der Waals surface area contributed by atoms with Crippen LogP contribution in [0.3, 0.4) is 0 Å². The molecule has 0 unspecified atom stereocenters. The topological polar surface area (TPSA) is 88.4 Å².